The second-order valence-electron chi connectivity index (χ2n) is 10.9. The van der Waals surface area contributed by atoms with E-state index in [9.17, 15) is 9.59 Å². The van der Waals surface area contributed by atoms with Crippen LogP contribution < -0.4 is 20.9 Å². The fourth-order valence-electron chi connectivity index (χ4n) is 5.25. The van der Waals surface area contributed by atoms with Crippen LogP contribution in [-0.4, -0.2) is 35.3 Å². The number of aliphatic hydroxyl groups is 1. The number of H-pyrrole nitrogens is 1. The molecule has 1 aliphatic rings. The standard InChI is InChI=1S/C33H41N3O4/c1-21(2)15-28-29(32(38)34-20-30-22(3)16-23(4)35-33(30)39)18-25(19-31(28)36-26-10-5-6-11-26)24-9-7-12-27(17-24)40-14-8-13-37/h7,9,12,15-19,26,36-37H,5-6,8,10-11,13-14,20H2,1-4H3,(H,34,38)(H,35,39). The summed E-state index contributed by atoms with van der Waals surface area (Å²) in [4.78, 5) is 29.2. The fourth-order valence-corrected chi connectivity index (χ4v) is 5.25. The van der Waals surface area contributed by atoms with Crippen LogP contribution in [0.25, 0.3) is 17.2 Å². The lowest BCUT2D eigenvalue weighted by Gasteiger charge is -2.21. The van der Waals surface area contributed by atoms with E-state index in [2.05, 4.69) is 21.7 Å². The predicted molar refractivity (Wildman–Crippen MR) is 162 cm³/mol. The lowest BCUT2D eigenvalue weighted by molar-refractivity contribution is 0.0950. The highest BCUT2D eigenvalue weighted by atomic mass is 16.5. The maximum absolute atomic E-state index is 13.8. The number of aromatic nitrogens is 1. The number of benzene rings is 2. The largest absolute Gasteiger partial charge is 0.493 e. The summed E-state index contributed by atoms with van der Waals surface area (Å²) in [6, 6.07) is 14.1. The number of hydrogen-bond acceptors (Lipinski definition) is 5. The van der Waals surface area contributed by atoms with Gasteiger partial charge in [-0.2, -0.15) is 0 Å². The van der Waals surface area contributed by atoms with Crippen LogP contribution in [0, 0.1) is 13.8 Å². The van der Waals surface area contributed by atoms with Crippen LogP contribution in [0.1, 0.15) is 78.7 Å². The summed E-state index contributed by atoms with van der Waals surface area (Å²) < 4.78 is 5.82. The van der Waals surface area contributed by atoms with Crippen LogP contribution in [0.2, 0.25) is 0 Å². The van der Waals surface area contributed by atoms with Crippen molar-refractivity contribution >= 4 is 17.7 Å². The van der Waals surface area contributed by atoms with Gasteiger partial charge in [0.2, 0.25) is 0 Å². The SMILES string of the molecule is CC(C)=Cc1c(NC2CCCC2)cc(-c2cccc(OCCCO)c2)cc1C(=O)NCc1c(C)cc(C)[nH]c1=O. The normalized spacial score (nSPS) is 13.2. The van der Waals surface area contributed by atoms with E-state index in [0.717, 1.165) is 52.0 Å². The Labute approximate surface area is 236 Å². The van der Waals surface area contributed by atoms with Gasteiger partial charge in [0.05, 0.1) is 6.61 Å². The van der Waals surface area contributed by atoms with Gasteiger partial charge in [0.1, 0.15) is 5.75 Å². The summed E-state index contributed by atoms with van der Waals surface area (Å²) in [6.07, 6.45) is 7.20. The average Bonchev–Trinajstić information content (AvgIpc) is 3.42. The molecular formula is C33H41N3O4. The van der Waals surface area contributed by atoms with Crippen molar-refractivity contribution < 1.29 is 14.6 Å². The van der Waals surface area contributed by atoms with Crippen molar-refractivity contribution in [3.63, 3.8) is 0 Å². The van der Waals surface area contributed by atoms with Gasteiger partial charge in [0.15, 0.2) is 0 Å². The molecule has 7 nitrogen and oxygen atoms in total. The minimum atomic E-state index is -0.237. The lowest BCUT2D eigenvalue weighted by atomic mass is 9.94. The van der Waals surface area contributed by atoms with E-state index in [4.69, 9.17) is 9.84 Å². The van der Waals surface area contributed by atoms with Gasteiger partial charge in [-0.1, -0.05) is 36.6 Å². The molecule has 1 heterocycles. The zero-order valence-corrected chi connectivity index (χ0v) is 24.0. The highest BCUT2D eigenvalue weighted by Gasteiger charge is 2.21. The average molecular weight is 544 g/mol. The topological polar surface area (TPSA) is 103 Å². The highest BCUT2D eigenvalue weighted by molar-refractivity contribution is 6.02. The first kappa shape index (κ1) is 29.2. The smallest absolute Gasteiger partial charge is 0.253 e. The maximum atomic E-state index is 13.8. The molecule has 0 unspecified atom stereocenters. The van der Waals surface area contributed by atoms with Crippen LogP contribution in [0.5, 0.6) is 5.75 Å². The molecule has 0 bridgehead atoms. The summed E-state index contributed by atoms with van der Waals surface area (Å²) >= 11 is 0. The van der Waals surface area contributed by atoms with E-state index in [0.29, 0.717) is 35.9 Å². The molecule has 212 valence electrons. The van der Waals surface area contributed by atoms with Crippen molar-refractivity contribution in [3.05, 3.63) is 86.3 Å². The molecule has 0 aliphatic heterocycles. The third-order valence-corrected chi connectivity index (χ3v) is 7.23. The quantitative estimate of drug-likeness (QED) is 0.218. The van der Waals surface area contributed by atoms with Crippen LogP contribution in [0.15, 0.2) is 52.8 Å². The Kier molecular flexibility index (Phi) is 9.83. The summed E-state index contributed by atoms with van der Waals surface area (Å²) in [5.74, 6) is 0.475. The van der Waals surface area contributed by atoms with Crippen molar-refractivity contribution in [1.29, 1.82) is 0 Å². The number of aliphatic hydroxyl groups excluding tert-OH is 1. The van der Waals surface area contributed by atoms with Gasteiger partial charge in [0.25, 0.3) is 11.5 Å². The Morgan fingerprint density at radius 2 is 1.88 bits per heavy atom. The van der Waals surface area contributed by atoms with Gasteiger partial charge in [-0.15, -0.1) is 0 Å². The predicted octanol–water partition coefficient (Wildman–Crippen LogP) is 6.13. The summed E-state index contributed by atoms with van der Waals surface area (Å²) in [5, 5.41) is 15.9. The molecule has 40 heavy (non-hydrogen) atoms. The highest BCUT2D eigenvalue weighted by Crippen LogP contribution is 2.34. The van der Waals surface area contributed by atoms with Crippen LogP contribution in [0.4, 0.5) is 5.69 Å². The van der Waals surface area contributed by atoms with Crippen LogP contribution in [0.3, 0.4) is 0 Å². The number of aromatic amines is 1. The number of rotatable bonds is 11. The number of anilines is 1. The van der Waals surface area contributed by atoms with Gasteiger partial charge in [0, 0.05) is 53.7 Å². The van der Waals surface area contributed by atoms with E-state index in [1.807, 2.05) is 70.2 Å². The van der Waals surface area contributed by atoms with Crippen molar-refractivity contribution in [3.8, 4) is 16.9 Å². The number of amides is 1. The fraction of sp³-hybridized carbons (Fsp3) is 0.394. The number of carbonyl (C=O) groups excluding carboxylic acids is 1. The summed E-state index contributed by atoms with van der Waals surface area (Å²) in [5.41, 5.74) is 7.24. The molecule has 1 aromatic heterocycles. The first-order valence-corrected chi connectivity index (χ1v) is 14.2. The van der Waals surface area contributed by atoms with E-state index in [1.54, 1.807) is 0 Å². The molecular weight excluding hydrogens is 502 g/mol. The molecule has 1 aliphatic carbocycles. The van der Waals surface area contributed by atoms with Crippen molar-refractivity contribution in [2.24, 2.45) is 0 Å². The van der Waals surface area contributed by atoms with Crippen LogP contribution >= 0.6 is 0 Å². The molecule has 0 radical (unpaired) electrons. The van der Waals surface area contributed by atoms with Gasteiger partial charge in [-0.05, 0) is 87.6 Å². The third kappa shape index (κ3) is 7.42. The zero-order chi connectivity index (χ0) is 28.6. The number of allylic oxidation sites excluding steroid dienone is 1. The molecule has 0 atom stereocenters. The molecule has 4 rings (SSSR count). The number of aryl methyl sites for hydroxylation is 2. The first-order chi connectivity index (χ1) is 19.2. The van der Waals surface area contributed by atoms with E-state index < -0.39 is 0 Å². The van der Waals surface area contributed by atoms with Gasteiger partial charge in [-0.3, -0.25) is 9.59 Å². The molecule has 0 saturated heterocycles. The third-order valence-electron chi connectivity index (χ3n) is 7.23. The maximum Gasteiger partial charge on any atom is 0.253 e. The second kappa shape index (κ2) is 13.5. The van der Waals surface area contributed by atoms with E-state index >= 15 is 0 Å². The Hall–Kier alpha value is -3.84. The Morgan fingerprint density at radius 1 is 1.10 bits per heavy atom. The molecule has 2 aromatic carbocycles. The summed E-state index contributed by atoms with van der Waals surface area (Å²) in [7, 11) is 0. The van der Waals surface area contributed by atoms with Gasteiger partial charge >= 0.3 is 0 Å². The van der Waals surface area contributed by atoms with Gasteiger partial charge < -0.3 is 25.5 Å². The van der Waals surface area contributed by atoms with E-state index in [-0.39, 0.29) is 24.6 Å². The number of nitrogens with one attached hydrogen (secondary N) is 3. The number of carbonyl (C=O) groups is 1. The molecule has 4 N–H and O–H groups in total. The molecule has 1 amide bonds. The molecule has 0 spiro atoms. The minimum absolute atomic E-state index is 0.0775. The second-order valence-corrected chi connectivity index (χ2v) is 10.9. The Bertz CT molecular complexity index is 1430. The van der Waals surface area contributed by atoms with Crippen LogP contribution in [-0.2, 0) is 6.54 Å². The van der Waals surface area contributed by atoms with Crippen molar-refractivity contribution in [2.75, 3.05) is 18.5 Å². The molecule has 1 saturated carbocycles. The summed E-state index contributed by atoms with van der Waals surface area (Å²) in [6.45, 7) is 8.43. The monoisotopic (exact) mass is 543 g/mol. The number of pyridine rings is 1. The van der Waals surface area contributed by atoms with Crippen molar-refractivity contribution in [2.45, 2.75) is 72.4 Å². The van der Waals surface area contributed by atoms with Crippen molar-refractivity contribution in [1.82, 2.24) is 10.3 Å². The number of ether oxygens (including phenoxy) is 1. The first-order valence-electron chi connectivity index (χ1n) is 14.2. The Balaban J connectivity index is 1.75. The minimum Gasteiger partial charge on any atom is -0.493 e. The molecule has 7 heteroatoms. The number of hydrogen-bond donors (Lipinski definition) is 4. The van der Waals surface area contributed by atoms with Gasteiger partial charge in [-0.25, -0.2) is 0 Å². The van der Waals surface area contributed by atoms with E-state index in [1.165, 1.54) is 12.8 Å². The zero-order valence-electron chi connectivity index (χ0n) is 24.0. The lowest BCUT2D eigenvalue weighted by Crippen LogP contribution is -2.28. The Morgan fingerprint density at radius 3 is 2.58 bits per heavy atom. The molecule has 3 aromatic rings. The molecule has 1 fully saturated rings.